The molecule has 80 valence electrons. The van der Waals surface area contributed by atoms with Crippen LogP contribution < -0.4 is 5.32 Å². The van der Waals surface area contributed by atoms with Crippen molar-refractivity contribution in [2.75, 3.05) is 0 Å². The van der Waals surface area contributed by atoms with E-state index >= 15 is 0 Å². The smallest absolute Gasteiger partial charge is 0.226 e. The molecule has 4 atom stereocenters. The van der Waals surface area contributed by atoms with Gasteiger partial charge in [-0.05, 0) is 32.6 Å². The Labute approximate surface area is 85.2 Å². The van der Waals surface area contributed by atoms with Gasteiger partial charge in [0.05, 0.1) is 18.1 Å². The second-order valence-electron chi connectivity index (χ2n) is 4.71. The van der Waals surface area contributed by atoms with Gasteiger partial charge in [0.15, 0.2) is 0 Å². The van der Waals surface area contributed by atoms with Crippen molar-refractivity contribution in [1.29, 1.82) is 0 Å². The molecule has 1 heterocycles. The van der Waals surface area contributed by atoms with Crippen LogP contribution in [0.3, 0.4) is 0 Å². The Morgan fingerprint density at radius 3 is 2.29 bits per heavy atom. The molecule has 0 aromatic heterocycles. The maximum atomic E-state index is 11.9. The summed E-state index contributed by atoms with van der Waals surface area (Å²) < 4.78 is 5.65. The third-order valence-corrected chi connectivity index (χ3v) is 3.47. The van der Waals surface area contributed by atoms with Crippen molar-refractivity contribution in [2.24, 2.45) is 11.8 Å². The highest BCUT2D eigenvalue weighted by Gasteiger charge is 2.42. The molecule has 0 aromatic carbocycles. The topological polar surface area (TPSA) is 38.3 Å². The van der Waals surface area contributed by atoms with E-state index in [9.17, 15) is 4.79 Å². The van der Waals surface area contributed by atoms with Crippen LogP contribution in [0.25, 0.3) is 0 Å². The predicted octanol–water partition coefficient (Wildman–Crippen LogP) is 1.32. The molecule has 4 unspecified atom stereocenters. The number of ether oxygens (including phenoxy) is 1. The summed E-state index contributed by atoms with van der Waals surface area (Å²) in [7, 11) is 0. The monoisotopic (exact) mass is 197 g/mol. The fourth-order valence-corrected chi connectivity index (χ4v) is 2.24. The van der Waals surface area contributed by atoms with E-state index in [1.807, 2.05) is 13.8 Å². The highest BCUT2D eigenvalue weighted by atomic mass is 16.5. The second-order valence-corrected chi connectivity index (χ2v) is 4.71. The molecule has 0 bridgehead atoms. The summed E-state index contributed by atoms with van der Waals surface area (Å²) in [6.07, 6.45) is 2.58. The van der Waals surface area contributed by atoms with Crippen molar-refractivity contribution in [1.82, 2.24) is 5.32 Å². The van der Waals surface area contributed by atoms with Crippen LogP contribution in [0.2, 0.25) is 0 Å². The molecule has 0 radical (unpaired) electrons. The van der Waals surface area contributed by atoms with Gasteiger partial charge in [-0.25, -0.2) is 0 Å². The summed E-state index contributed by atoms with van der Waals surface area (Å²) in [6.45, 7) is 6.15. The van der Waals surface area contributed by atoms with Crippen LogP contribution in [-0.4, -0.2) is 24.2 Å². The summed E-state index contributed by atoms with van der Waals surface area (Å²) in [4.78, 5) is 11.9. The van der Waals surface area contributed by atoms with E-state index in [4.69, 9.17) is 4.74 Å². The Hall–Kier alpha value is -0.570. The molecule has 2 fully saturated rings. The number of nitrogens with one attached hydrogen (secondary N) is 1. The molecule has 3 nitrogen and oxygen atoms in total. The normalized spacial score (nSPS) is 42.5. The Kier molecular flexibility index (Phi) is 2.52. The quantitative estimate of drug-likeness (QED) is 0.725. The zero-order chi connectivity index (χ0) is 10.3. The molecule has 3 heteroatoms. The first-order chi connectivity index (χ1) is 6.59. The number of carbonyl (C=O) groups excluding carboxylic acids is 1. The Morgan fingerprint density at radius 2 is 1.86 bits per heavy atom. The summed E-state index contributed by atoms with van der Waals surface area (Å²) in [5.74, 6) is 0.575. The highest BCUT2D eigenvalue weighted by Crippen LogP contribution is 2.33. The number of hydrogen-bond acceptors (Lipinski definition) is 2. The second kappa shape index (κ2) is 3.54. The van der Waals surface area contributed by atoms with Gasteiger partial charge in [-0.1, -0.05) is 6.92 Å². The van der Waals surface area contributed by atoms with E-state index in [0.29, 0.717) is 12.0 Å². The molecule has 2 rings (SSSR count). The Morgan fingerprint density at radius 1 is 1.21 bits per heavy atom. The van der Waals surface area contributed by atoms with Gasteiger partial charge in [0.1, 0.15) is 0 Å². The first kappa shape index (κ1) is 9.97. The first-order valence-electron chi connectivity index (χ1n) is 5.55. The van der Waals surface area contributed by atoms with Crippen molar-refractivity contribution in [3.05, 3.63) is 0 Å². The Bertz CT molecular complexity index is 237. The van der Waals surface area contributed by atoms with E-state index in [-0.39, 0.29) is 24.0 Å². The van der Waals surface area contributed by atoms with Crippen molar-refractivity contribution in [2.45, 2.75) is 51.9 Å². The lowest BCUT2D eigenvalue weighted by Gasteiger charge is -2.17. The minimum absolute atomic E-state index is 0.0469. The minimum atomic E-state index is 0.0469. The fourth-order valence-electron chi connectivity index (χ4n) is 2.24. The third kappa shape index (κ3) is 1.78. The molecule has 1 saturated heterocycles. The van der Waals surface area contributed by atoms with Gasteiger partial charge in [0.2, 0.25) is 5.91 Å². The van der Waals surface area contributed by atoms with E-state index in [1.54, 1.807) is 0 Å². The summed E-state index contributed by atoms with van der Waals surface area (Å²) in [5, 5.41) is 3.06. The van der Waals surface area contributed by atoms with Crippen LogP contribution in [0.15, 0.2) is 0 Å². The highest BCUT2D eigenvalue weighted by molar-refractivity contribution is 5.80. The standard InChI is InChI=1S/C11H19NO2/c1-6-7(2)14-8(3)10(6)11(13)12-9-4-5-9/h6-10H,4-5H2,1-3H3,(H,12,13). The molecule has 2 aliphatic rings. The average molecular weight is 197 g/mol. The van der Waals surface area contributed by atoms with Crippen LogP contribution >= 0.6 is 0 Å². The van der Waals surface area contributed by atoms with Crippen LogP contribution in [0.4, 0.5) is 0 Å². The lowest BCUT2D eigenvalue weighted by Crippen LogP contribution is -2.38. The minimum Gasteiger partial charge on any atom is -0.374 e. The molecule has 14 heavy (non-hydrogen) atoms. The lowest BCUT2D eigenvalue weighted by atomic mass is 9.89. The van der Waals surface area contributed by atoms with Gasteiger partial charge in [-0.3, -0.25) is 4.79 Å². The zero-order valence-corrected chi connectivity index (χ0v) is 9.12. The summed E-state index contributed by atoms with van der Waals surface area (Å²) in [5.41, 5.74) is 0. The number of hydrogen-bond donors (Lipinski definition) is 1. The molecule has 0 spiro atoms. The largest absolute Gasteiger partial charge is 0.374 e. The first-order valence-corrected chi connectivity index (χ1v) is 5.55. The van der Waals surface area contributed by atoms with Crippen LogP contribution in [0.1, 0.15) is 33.6 Å². The molecule has 1 amide bonds. The van der Waals surface area contributed by atoms with Gasteiger partial charge in [0.25, 0.3) is 0 Å². The molecular weight excluding hydrogens is 178 g/mol. The maximum Gasteiger partial charge on any atom is 0.226 e. The predicted molar refractivity (Wildman–Crippen MR) is 53.8 cm³/mol. The van der Waals surface area contributed by atoms with Crippen molar-refractivity contribution >= 4 is 5.91 Å². The molecule has 1 saturated carbocycles. The van der Waals surface area contributed by atoms with Crippen LogP contribution in [0, 0.1) is 11.8 Å². The van der Waals surface area contributed by atoms with E-state index in [2.05, 4.69) is 12.2 Å². The average Bonchev–Trinajstić information content (AvgIpc) is 2.83. The van der Waals surface area contributed by atoms with Crippen molar-refractivity contribution < 1.29 is 9.53 Å². The van der Waals surface area contributed by atoms with E-state index < -0.39 is 0 Å². The molecule has 0 aromatic rings. The summed E-state index contributed by atoms with van der Waals surface area (Å²) in [6, 6.07) is 0.456. The van der Waals surface area contributed by atoms with E-state index in [0.717, 1.165) is 12.8 Å². The summed E-state index contributed by atoms with van der Waals surface area (Å²) >= 11 is 0. The van der Waals surface area contributed by atoms with Crippen LogP contribution in [0.5, 0.6) is 0 Å². The molecule has 1 N–H and O–H groups in total. The zero-order valence-electron chi connectivity index (χ0n) is 9.12. The maximum absolute atomic E-state index is 11.9. The Balaban J connectivity index is 1.97. The molecule has 1 aliphatic carbocycles. The van der Waals surface area contributed by atoms with Gasteiger partial charge in [-0.15, -0.1) is 0 Å². The van der Waals surface area contributed by atoms with Gasteiger partial charge >= 0.3 is 0 Å². The van der Waals surface area contributed by atoms with Gasteiger partial charge in [-0.2, -0.15) is 0 Å². The molecule has 1 aliphatic heterocycles. The third-order valence-electron chi connectivity index (χ3n) is 3.47. The fraction of sp³-hybridized carbons (Fsp3) is 0.909. The number of rotatable bonds is 2. The van der Waals surface area contributed by atoms with Crippen LogP contribution in [-0.2, 0) is 9.53 Å². The van der Waals surface area contributed by atoms with Gasteiger partial charge < -0.3 is 10.1 Å². The van der Waals surface area contributed by atoms with E-state index in [1.165, 1.54) is 0 Å². The SMILES string of the molecule is CC1OC(C)C(C(=O)NC2CC2)C1C. The van der Waals surface area contributed by atoms with Crippen molar-refractivity contribution in [3.63, 3.8) is 0 Å². The lowest BCUT2D eigenvalue weighted by molar-refractivity contribution is -0.127. The molecular formula is C11H19NO2. The van der Waals surface area contributed by atoms with Gasteiger partial charge in [0, 0.05) is 6.04 Å². The number of carbonyl (C=O) groups is 1. The number of amides is 1. The van der Waals surface area contributed by atoms with Crippen molar-refractivity contribution in [3.8, 4) is 0 Å².